The highest BCUT2D eigenvalue weighted by Gasteiger charge is 2.34. The van der Waals surface area contributed by atoms with Crippen molar-refractivity contribution in [3.8, 4) is 0 Å². The average molecular weight is 478 g/mol. The Labute approximate surface area is 204 Å². The van der Waals surface area contributed by atoms with Crippen molar-refractivity contribution in [2.75, 3.05) is 18.0 Å². The van der Waals surface area contributed by atoms with E-state index in [4.69, 9.17) is 11.6 Å². The van der Waals surface area contributed by atoms with Gasteiger partial charge in [0.25, 0.3) is 5.91 Å². The molecule has 3 aromatic carbocycles. The quantitative estimate of drug-likeness (QED) is 0.513. The molecule has 7 heteroatoms. The van der Waals surface area contributed by atoms with E-state index >= 15 is 0 Å². The number of nitrogens with one attached hydrogen (secondary N) is 1. The second kappa shape index (κ2) is 9.85. The fourth-order valence-corrected chi connectivity index (χ4v) is 4.44. The summed E-state index contributed by atoms with van der Waals surface area (Å²) in [5.74, 6) is -0.471. The molecule has 3 aromatic rings. The summed E-state index contributed by atoms with van der Waals surface area (Å²) in [6, 6.07) is 17.7. The molecule has 1 aliphatic rings. The van der Waals surface area contributed by atoms with Gasteiger partial charge in [-0.15, -0.1) is 0 Å². The number of hydrogen-bond donors (Lipinski definition) is 1. The Balaban J connectivity index is 1.61. The molecule has 0 bridgehead atoms. The second-order valence-corrected chi connectivity index (χ2v) is 9.48. The highest BCUT2D eigenvalue weighted by molar-refractivity contribution is 6.30. The maximum atomic E-state index is 13.6. The van der Waals surface area contributed by atoms with Gasteiger partial charge in [-0.1, -0.05) is 61.8 Å². The molecular weight excluding hydrogens is 450 g/mol. The molecular formula is C27H28ClN3O3. The Morgan fingerprint density at radius 2 is 1.74 bits per heavy atom. The first-order chi connectivity index (χ1) is 16.3. The maximum absolute atomic E-state index is 13.6. The van der Waals surface area contributed by atoms with E-state index in [0.717, 1.165) is 16.3 Å². The lowest BCUT2D eigenvalue weighted by molar-refractivity contribution is -0.139. The van der Waals surface area contributed by atoms with Gasteiger partial charge in [0, 0.05) is 29.1 Å². The Kier molecular flexibility index (Phi) is 6.89. The zero-order valence-corrected chi connectivity index (χ0v) is 20.3. The Hall–Kier alpha value is -3.38. The molecule has 0 aromatic heterocycles. The van der Waals surface area contributed by atoms with E-state index in [1.54, 1.807) is 25.1 Å². The molecule has 1 N–H and O–H groups in total. The number of benzene rings is 3. The van der Waals surface area contributed by atoms with E-state index in [1.165, 1.54) is 9.80 Å². The minimum atomic E-state index is -0.721. The summed E-state index contributed by atoms with van der Waals surface area (Å²) in [7, 11) is 0. The van der Waals surface area contributed by atoms with Gasteiger partial charge in [-0.05, 0) is 48.1 Å². The summed E-state index contributed by atoms with van der Waals surface area (Å²) in [5.41, 5.74) is 2.11. The molecule has 34 heavy (non-hydrogen) atoms. The molecule has 176 valence electrons. The van der Waals surface area contributed by atoms with Crippen LogP contribution in [0.25, 0.3) is 10.8 Å². The molecule has 0 aliphatic carbocycles. The third-order valence-electron chi connectivity index (χ3n) is 6.04. The number of halogens is 1. The smallest absolute Gasteiger partial charge is 0.259 e. The Morgan fingerprint density at radius 3 is 2.44 bits per heavy atom. The summed E-state index contributed by atoms with van der Waals surface area (Å²) in [6.07, 6.45) is 0. The lowest BCUT2D eigenvalue weighted by Crippen LogP contribution is -2.51. The number of rotatable bonds is 8. The summed E-state index contributed by atoms with van der Waals surface area (Å²) < 4.78 is 0. The van der Waals surface area contributed by atoms with Gasteiger partial charge in [0.15, 0.2) is 0 Å². The van der Waals surface area contributed by atoms with Crippen LogP contribution in [0.3, 0.4) is 0 Å². The van der Waals surface area contributed by atoms with E-state index in [0.29, 0.717) is 22.8 Å². The van der Waals surface area contributed by atoms with E-state index < -0.39 is 6.04 Å². The maximum Gasteiger partial charge on any atom is 0.259 e. The topological polar surface area (TPSA) is 69.7 Å². The molecule has 0 fully saturated rings. The lowest BCUT2D eigenvalue weighted by atomic mass is 10.1. The van der Waals surface area contributed by atoms with Crippen molar-refractivity contribution in [1.29, 1.82) is 0 Å². The first kappa shape index (κ1) is 23.8. The molecule has 0 spiro atoms. The molecule has 4 rings (SSSR count). The number of amides is 3. The van der Waals surface area contributed by atoms with Crippen LogP contribution in [-0.2, 0) is 16.1 Å². The highest BCUT2D eigenvalue weighted by atomic mass is 35.5. The molecule has 1 heterocycles. The lowest BCUT2D eigenvalue weighted by Gasteiger charge is -2.31. The van der Waals surface area contributed by atoms with Crippen LogP contribution in [0.4, 0.5) is 5.69 Å². The minimum absolute atomic E-state index is 0.158. The van der Waals surface area contributed by atoms with Crippen molar-refractivity contribution >= 4 is 45.8 Å². The number of nitrogens with zero attached hydrogens (tertiary/aromatic N) is 2. The fraction of sp³-hybridized carbons (Fsp3) is 0.296. The summed E-state index contributed by atoms with van der Waals surface area (Å²) in [5, 5.41) is 5.27. The molecule has 3 amide bonds. The predicted octanol–water partition coefficient (Wildman–Crippen LogP) is 4.64. The van der Waals surface area contributed by atoms with Gasteiger partial charge in [0.2, 0.25) is 11.8 Å². The summed E-state index contributed by atoms with van der Waals surface area (Å²) >= 11 is 6.15. The van der Waals surface area contributed by atoms with Crippen LogP contribution in [0.5, 0.6) is 0 Å². The zero-order valence-electron chi connectivity index (χ0n) is 19.5. The molecule has 0 saturated carbocycles. The number of hydrogen-bond acceptors (Lipinski definition) is 3. The van der Waals surface area contributed by atoms with Crippen LogP contribution >= 0.6 is 11.6 Å². The van der Waals surface area contributed by atoms with Crippen molar-refractivity contribution in [3.63, 3.8) is 0 Å². The first-order valence-corrected chi connectivity index (χ1v) is 11.8. The van der Waals surface area contributed by atoms with Crippen molar-refractivity contribution in [2.45, 2.75) is 33.4 Å². The third kappa shape index (κ3) is 4.77. The van der Waals surface area contributed by atoms with Crippen molar-refractivity contribution in [3.05, 3.63) is 76.8 Å². The van der Waals surface area contributed by atoms with Gasteiger partial charge in [-0.25, -0.2) is 0 Å². The normalized spacial score (nSPS) is 13.4. The monoisotopic (exact) mass is 477 g/mol. The van der Waals surface area contributed by atoms with Crippen LogP contribution in [0.2, 0.25) is 5.02 Å². The third-order valence-corrected chi connectivity index (χ3v) is 6.27. The van der Waals surface area contributed by atoms with Gasteiger partial charge in [0.05, 0.1) is 5.69 Å². The second-order valence-electron chi connectivity index (χ2n) is 9.04. The van der Waals surface area contributed by atoms with Gasteiger partial charge >= 0.3 is 0 Å². The van der Waals surface area contributed by atoms with Gasteiger partial charge in [0.1, 0.15) is 12.6 Å². The minimum Gasteiger partial charge on any atom is -0.354 e. The van der Waals surface area contributed by atoms with E-state index in [2.05, 4.69) is 5.32 Å². The van der Waals surface area contributed by atoms with Gasteiger partial charge < -0.3 is 10.2 Å². The number of carbonyl (C=O) groups excluding carboxylic acids is 3. The number of carbonyl (C=O) groups is 3. The van der Waals surface area contributed by atoms with Gasteiger partial charge in [-0.2, -0.15) is 0 Å². The van der Waals surface area contributed by atoms with Crippen LogP contribution < -0.4 is 10.2 Å². The largest absolute Gasteiger partial charge is 0.354 e. The van der Waals surface area contributed by atoms with Crippen LogP contribution in [0, 0.1) is 5.92 Å². The summed E-state index contributed by atoms with van der Waals surface area (Å²) in [6.45, 7) is 6.29. The Morgan fingerprint density at radius 1 is 1.03 bits per heavy atom. The molecule has 6 nitrogen and oxygen atoms in total. The van der Waals surface area contributed by atoms with Crippen LogP contribution in [0.15, 0.2) is 60.7 Å². The molecule has 0 radical (unpaired) electrons. The molecule has 1 atom stereocenters. The van der Waals surface area contributed by atoms with E-state index in [9.17, 15) is 14.4 Å². The van der Waals surface area contributed by atoms with E-state index in [-0.39, 0.29) is 36.7 Å². The first-order valence-electron chi connectivity index (χ1n) is 11.4. The van der Waals surface area contributed by atoms with Crippen molar-refractivity contribution in [2.24, 2.45) is 5.92 Å². The SMILES string of the molecule is CC(C)CNC(=O)[C@H](C)N(Cc1cccc(Cl)c1)C(=O)CN1C(=O)c2cccc3cccc1c23. The van der Waals surface area contributed by atoms with E-state index in [1.807, 2.05) is 56.3 Å². The molecule has 1 aliphatic heterocycles. The fourth-order valence-electron chi connectivity index (χ4n) is 4.23. The highest BCUT2D eigenvalue weighted by Crippen LogP contribution is 2.37. The van der Waals surface area contributed by atoms with Crippen LogP contribution in [-0.4, -0.2) is 41.8 Å². The van der Waals surface area contributed by atoms with Crippen molar-refractivity contribution < 1.29 is 14.4 Å². The Bertz CT molecular complexity index is 1250. The summed E-state index contributed by atoms with van der Waals surface area (Å²) in [4.78, 5) is 42.7. The van der Waals surface area contributed by atoms with Crippen molar-refractivity contribution in [1.82, 2.24) is 10.2 Å². The van der Waals surface area contributed by atoms with Gasteiger partial charge in [-0.3, -0.25) is 19.3 Å². The predicted molar refractivity (Wildman–Crippen MR) is 135 cm³/mol. The average Bonchev–Trinajstić information content (AvgIpc) is 3.08. The molecule has 0 unspecified atom stereocenters. The zero-order chi connectivity index (χ0) is 24.4. The molecule has 0 saturated heterocycles. The standard InChI is InChI=1S/C27H28ClN3O3/c1-17(2)14-29-26(33)18(3)30(15-19-7-4-10-21(28)13-19)24(32)16-31-23-12-6-9-20-8-5-11-22(25(20)23)27(31)34/h4-13,17-18H,14-16H2,1-3H3,(H,29,33)/t18-/m0/s1. The number of anilines is 1. The van der Waals surface area contributed by atoms with Crippen LogP contribution in [0.1, 0.15) is 36.7 Å².